The van der Waals surface area contributed by atoms with Gasteiger partial charge < -0.3 is 0 Å². The van der Waals surface area contributed by atoms with E-state index in [1.165, 1.54) is 0 Å². The van der Waals surface area contributed by atoms with E-state index in [1.54, 1.807) is 14.2 Å². The summed E-state index contributed by atoms with van der Waals surface area (Å²) in [7, 11) is 3.22. The van der Waals surface area contributed by atoms with Crippen LogP contribution in [0, 0.1) is 0 Å². The molecule has 0 aliphatic rings. The zero-order chi connectivity index (χ0) is 11.6. The molecule has 0 aromatic carbocycles. The predicted octanol–water partition coefficient (Wildman–Crippen LogP) is 2.35. The number of hydrogen-bond donors (Lipinski definition) is 0. The van der Waals surface area contributed by atoms with Crippen LogP contribution in [0.5, 0.6) is 0 Å². The molecule has 0 N–H and O–H groups in total. The second kappa shape index (κ2) is 9.84. The molecule has 0 atom stereocenters. The first kappa shape index (κ1) is 15.6. The Labute approximate surface area is 99.3 Å². The van der Waals surface area contributed by atoms with Crippen molar-refractivity contribution >= 4 is 20.0 Å². The average Bonchev–Trinajstić information content (AvgIpc) is 2.28. The van der Waals surface area contributed by atoms with Crippen LogP contribution in [0.15, 0.2) is 0 Å². The fourth-order valence-electron chi connectivity index (χ4n) is 1.04. The van der Waals surface area contributed by atoms with Gasteiger partial charge in [0, 0.05) is 0 Å². The molecule has 0 aliphatic heterocycles. The van der Waals surface area contributed by atoms with Crippen LogP contribution in [-0.2, 0) is 12.3 Å². The van der Waals surface area contributed by atoms with Gasteiger partial charge in [-0.05, 0) is 0 Å². The summed E-state index contributed by atoms with van der Waals surface area (Å²) in [5.41, 5.74) is 0. The Morgan fingerprint density at radius 2 is 1.20 bits per heavy atom. The topological polar surface area (TPSA) is 36.9 Å². The van der Waals surface area contributed by atoms with Gasteiger partial charge in [0.15, 0.2) is 0 Å². The van der Waals surface area contributed by atoms with Gasteiger partial charge in [-0.3, -0.25) is 0 Å². The zero-order valence-corrected chi connectivity index (χ0v) is 13.2. The fourth-order valence-corrected chi connectivity index (χ4v) is 5.35. The molecule has 0 saturated carbocycles. The summed E-state index contributed by atoms with van der Waals surface area (Å²) in [6, 6.07) is 0. The van der Waals surface area contributed by atoms with Crippen molar-refractivity contribution in [2.75, 3.05) is 27.4 Å². The minimum absolute atomic E-state index is 0.667. The van der Waals surface area contributed by atoms with Crippen LogP contribution in [0.4, 0.5) is 0 Å². The van der Waals surface area contributed by atoms with Crippen molar-refractivity contribution in [3.05, 3.63) is 0 Å². The molecular weight excluding hydrogens is 303 g/mol. The van der Waals surface area contributed by atoms with E-state index in [0.717, 1.165) is 25.7 Å². The van der Waals surface area contributed by atoms with Crippen molar-refractivity contribution in [2.45, 2.75) is 39.5 Å². The van der Waals surface area contributed by atoms with Crippen molar-refractivity contribution in [1.82, 2.24) is 0 Å². The van der Waals surface area contributed by atoms with Crippen molar-refractivity contribution in [1.29, 1.82) is 0 Å². The third kappa shape index (κ3) is 6.73. The molecule has 0 rings (SSSR count). The fraction of sp³-hybridized carbons (Fsp3) is 1.00. The van der Waals surface area contributed by atoms with Gasteiger partial charge in [-0.15, -0.1) is 0 Å². The van der Waals surface area contributed by atoms with E-state index in [9.17, 15) is 0 Å². The summed E-state index contributed by atoms with van der Waals surface area (Å²) in [5.74, 6) is 0. The molecule has 0 radical (unpaired) electrons. The Hall–Kier alpha value is 0.639. The molecule has 0 unspecified atom stereocenters. The molecule has 5 heteroatoms. The standard InChI is InChI=1S/2C4H9O.2CH3O.Sn/c2*1-2-3-4-5;2*1-2;/h2*2-4H2,1H3;2*1H3;/q4*-1;+4. The van der Waals surface area contributed by atoms with Gasteiger partial charge in [-0.25, -0.2) is 0 Å². The van der Waals surface area contributed by atoms with Gasteiger partial charge in [-0.1, -0.05) is 0 Å². The third-order valence-corrected chi connectivity index (χ3v) is 8.09. The second-order valence-corrected chi connectivity index (χ2v) is 10.1. The molecule has 0 aromatic heterocycles. The third-order valence-electron chi connectivity index (χ3n) is 2.05. The molecular formula is C10H24O4Sn. The van der Waals surface area contributed by atoms with Crippen molar-refractivity contribution in [3.8, 4) is 0 Å². The maximum atomic E-state index is 5.66. The molecule has 0 saturated heterocycles. The predicted molar refractivity (Wildman–Crippen MR) is 61.5 cm³/mol. The van der Waals surface area contributed by atoms with Crippen LogP contribution < -0.4 is 0 Å². The Kier molecular flexibility index (Phi) is 10.3. The van der Waals surface area contributed by atoms with Crippen LogP contribution in [0.3, 0.4) is 0 Å². The molecule has 0 aliphatic carbocycles. The molecule has 0 spiro atoms. The first-order valence-electron chi connectivity index (χ1n) is 5.62. The van der Waals surface area contributed by atoms with Gasteiger partial charge in [0.05, 0.1) is 0 Å². The number of rotatable bonds is 10. The van der Waals surface area contributed by atoms with Crippen LogP contribution >= 0.6 is 0 Å². The van der Waals surface area contributed by atoms with Gasteiger partial charge >= 0.3 is 99.3 Å². The molecule has 4 nitrogen and oxygen atoms in total. The summed E-state index contributed by atoms with van der Waals surface area (Å²) in [6.07, 6.45) is 4.24. The molecule has 0 bridgehead atoms. The van der Waals surface area contributed by atoms with E-state index >= 15 is 0 Å². The Bertz CT molecular complexity index is 127. The van der Waals surface area contributed by atoms with E-state index in [2.05, 4.69) is 13.8 Å². The van der Waals surface area contributed by atoms with Crippen LogP contribution in [0.25, 0.3) is 0 Å². The first-order valence-corrected chi connectivity index (χ1v) is 10.3. The summed E-state index contributed by atoms with van der Waals surface area (Å²) in [4.78, 5) is 0. The molecule has 92 valence electrons. The van der Waals surface area contributed by atoms with Crippen LogP contribution in [-0.4, -0.2) is 47.5 Å². The molecule has 0 aromatic rings. The molecule has 0 amide bonds. The number of hydrogen-bond acceptors (Lipinski definition) is 4. The number of unbranched alkanes of at least 4 members (excludes halogenated alkanes) is 2. The van der Waals surface area contributed by atoms with Gasteiger partial charge in [0.25, 0.3) is 0 Å². The Balaban J connectivity index is 3.93. The molecule has 0 heterocycles. The van der Waals surface area contributed by atoms with E-state index in [0.29, 0.717) is 13.2 Å². The van der Waals surface area contributed by atoms with Crippen molar-refractivity contribution in [3.63, 3.8) is 0 Å². The van der Waals surface area contributed by atoms with Gasteiger partial charge in [0.2, 0.25) is 0 Å². The normalized spacial score (nSPS) is 12.0. The average molecular weight is 327 g/mol. The monoisotopic (exact) mass is 328 g/mol. The van der Waals surface area contributed by atoms with Crippen LogP contribution in [0.1, 0.15) is 39.5 Å². The summed E-state index contributed by atoms with van der Waals surface area (Å²) < 4.78 is 22.0. The maximum absolute atomic E-state index is 5.66. The summed E-state index contributed by atoms with van der Waals surface area (Å²) in [6.45, 7) is 5.58. The zero-order valence-electron chi connectivity index (χ0n) is 10.4. The van der Waals surface area contributed by atoms with E-state index < -0.39 is 20.0 Å². The van der Waals surface area contributed by atoms with Crippen molar-refractivity contribution in [2.24, 2.45) is 0 Å². The summed E-state index contributed by atoms with van der Waals surface area (Å²) >= 11 is -3.59. The quantitative estimate of drug-likeness (QED) is 0.456. The van der Waals surface area contributed by atoms with Crippen molar-refractivity contribution < 1.29 is 12.3 Å². The van der Waals surface area contributed by atoms with Gasteiger partial charge in [-0.2, -0.15) is 0 Å². The van der Waals surface area contributed by atoms with Gasteiger partial charge in [0.1, 0.15) is 0 Å². The molecule has 15 heavy (non-hydrogen) atoms. The van der Waals surface area contributed by atoms with E-state index in [-0.39, 0.29) is 0 Å². The first-order chi connectivity index (χ1) is 7.24. The Morgan fingerprint density at radius 3 is 1.47 bits per heavy atom. The van der Waals surface area contributed by atoms with Crippen LogP contribution in [0.2, 0.25) is 0 Å². The second-order valence-electron chi connectivity index (χ2n) is 3.31. The Morgan fingerprint density at radius 1 is 0.800 bits per heavy atom. The SMILES string of the molecule is CCCC[O][Sn]([O]C)([O]C)[O]CCCC. The minimum atomic E-state index is -3.59. The molecule has 0 fully saturated rings. The summed E-state index contributed by atoms with van der Waals surface area (Å²) in [5, 5.41) is 0. The van der Waals surface area contributed by atoms with E-state index in [1.807, 2.05) is 0 Å². The van der Waals surface area contributed by atoms with E-state index in [4.69, 9.17) is 12.3 Å².